The summed E-state index contributed by atoms with van der Waals surface area (Å²) >= 11 is 0. The van der Waals surface area contributed by atoms with E-state index in [1.807, 2.05) is 21.8 Å². The number of rotatable bonds is 5. The van der Waals surface area contributed by atoms with Gasteiger partial charge in [0.25, 0.3) is 5.91 Å². The number of hydrogen-bond donors (Lipinski definition) is 1. The summed E-state index contributed by atoms with van der Waals surface area (Å²) in [5, 5.41) is 22.1. The molecule has 0 saturated carbocycles. The van der Waals surface area contributed by atoms with Gasteiger partial charge in [-0.05, 0) is 42.2 Å². The Kier molecular flexibility index (Phi) is 4.23. The normalized spacial score (nSPS) is 17.8. The first-order valence-corrected chi connectivity index (χ1v) is 8.38. The van der Waals surface area contributed by atoms with Crippen LogP contribution in [0.25, 0.3) is 5.82 Å². The Labute approximate surface area is 143 Å². The Balaban J connectivity index is 1.52. The Hall–Kier alpha value is -3.04. The van der Waals surface area contributed by atoms with Gasteiger partial charge in [0.15, 0.2) is 5.82 Å². The molecule has 130 valence electrons. The quantitative estimate of drug-likeness (QED) is 0.730. The summed E-state index contributed by atoms with van der Waals surface area (Å²) < 4.78 is 3.32. The molecule has 0 spiro atoms. The molecule has 4 heterocycles. The first-order chi connectivity index (χ1) is 12.3. The number of tetrazole rings is 1. The second-order valence-electron chi connectivity index (χ2n) is 6.09. The first kappa shape index (κ1) is 15.5. The van der Waals surface area contributed by atoms with E-state index in [0.29, 0.717) is 11.4 Å². The molecular weight excluding hydrogens is 322 g/mol. The molecular formula is C15H19N9O. The summed E-state index contributed by atoms with van der Waals surface area (Å²) in [7, 11) is 0. The topological polar surface area (TPSA) is 110 Å². The van der Waals surface area contributed by atoms with Crippen LogP contribution in [0.1, 0.15) is 36.0 Å². The average molecular weight is 341 g/mol. The van der Waals surface area contributed by atoms with Gasteiger partial charge in [-0.1, -0.05) is 0 Å². The average Bonchev–Trinajstić information content (AvgIpc) is 3.41. The van der Waals surface area contributed by atoms with E-state index in [4.69, 9.17) is 0 Å². The van der Waals surface area contributed by atoms with E-state index in [1.54, 1.807) is 12.4 Å². The van der Waals surface area contributed by atoms with Crippen molar-refractivity contribution in [2.75, 3.05) is 6.54 Å². The summed E-state index contributed by atoms with van der Waals surface area (Å²) in [6, 6.07) is 2.11. The smallest absolute Gasteiger partial charge is 0.259 e. The fraction of sp³-hybridized carbons (Fsp3) is 0.467. The van der Waals surface area contributed by atoms with Gasteiger partial charge < -0.3 is 4.90 Å². The number of aryl methyl sites for hydroxylation is 1. The number of nitrogens with zero attached hydrogens (tertiary/aromatic N) is 8. The minimum atomic E-state index is -0.0376. The van der Waals surface area contributed by atoms with E-state index in [1.165, 1.54) is 11.0 Å². The number of piperidine rings is 1. The van der Waals surface area contributed by atoms with Crippen LogP contribution in [-0.4, -0.2) is 63.6 Å². The van der Waals surface area contributed by atoms with Gasteiger partial charge in [-0.25, -0.2) is 0 Å². The number of nitrogens with one attached hydrogen (secondary N) is 1. The molecule has 1 aliphatic heterocycles. The van der Waals surface area contributed by atoms with E-state index >= 15 is 0 Å². The molecule has 10 nitrogen and oxygen atoms in total. The maximum Gasteiger partial charge on any atom is 0.259 e. The van der Waals surface area contributed by atoms with Crippen molar-refractivity contribution in [2.24, 2.45) is 0 Å². The monoisotopic (exact) mass is 341 g/mol. The van der Waals surface area contributed by atoms with Crippen LogP contribution >= 0.6 is 0 Å². The van der Waals surface area contributed by atoms with Gasteiger partial charge in [-0.3, -0.25) is 14.6 Å². The third kappa shape index (κ3) is 3.14. The largest absolute Gasteiger partial charge is 0.335 e. The number of likely N-dealkylation sites (tertiary alicyclic amines) is 1. The molecule has 0 radical (unpaired) electrons. The molecule has 1 fully saturated rings. The summed E-state index contributed by atoms with van der Waals surface area (Å²) in [4.78, 5) is 15.1. The molecule has 1 saturated heterocycles. The lowest BCUT2D eigenvalue weighted by Crippen LogP contribution is -2.44. The molecule has 3 aromatic heterocycles. The minimum Gasteiger partial charge on any atom is -0.335 e. The lowest BCUT2D eigenvalue weighted by molar-refractivity contribution is 0.0594. The summed E-state index contributed by atoms with van der Waals surface area (Å²) in [6.45, 7) is 1.55. The van der Waals surface area contributed by atoms with Gasteiger partial charge in [0.1, 0.15) is 11.9 Å². The number of aromatic amines is 1. The Bertz CT molecular complexity index is 808. The van der Waals surface area contributed by atoms with Gasteiger partial charge in [0.05, 0.1) is 6.20 Å². The van der Waals surface area contributed by atoms with E-state index in [-0.39, 0.29) is 11.9 Å². The number of aromatic nitrogens is 8. The van der Waals surface area contributed by atoms with Crippen molar-refractivity contribution >= 4 is 5.91 Å². The van der Waals surface area contributed by atoms with E-state index in [2.05, 4.69) is 30.8 Å². The van der Waals surface area contributed by atoms with Gasteiger partial charge in [0, 0.05) is 31.5 Å². The molecule has 0 bridgehead atoms. The van der Waals surface area contributed by atoms with Crippen molar-refractivity contribution in [3.05, 3.63) is 36.5 Å². The van der Waals surface area contributed by atoms with Crippen molar-refractivity contribution in [1.29, 1.82) is 0 Å². The SMILES string of the molecule is O=C(c1cn[nH]c1-n1cnnn1)N1CCCC[C@H]1CCn1cccn1. The molecule has 1 amide bonds. The van der Waals surface area contributed by atoms with Crippen molar-refractivity contribution < 1.29 is 4.79 Å². The maximum absolute atomic E-state index is 13.1. The highest BCUT2D eigenvalue weighted by molar-refractivity contribution is 5.97. The Morgan fingerprint density at radius 3 is 3.12 bits per heavy atom. The number of hydrogen-bond acceptors (Lipinski definition) is 6. The summed E-state index contributed by atoms with van der Waals surface area (Å²) in [6.07, 6.45) is 10.7. The zero-order valence-electron chi connectivity index (χ0n) is 13.7. The van der Waals surface area contributed by atoms with Crippen LogP contribution in [0.2, 0.25) is 0 Å². The standard InChI is InChI=1S/C15H19N9O/c25-15(13-10-16-19-14(13)24-11-17-20-21-24)23-8-2-1-4-12(23)5-9-22-7-3-6-18-22/h3,6-7,10-12H,1-2,4-5,8-9H2,(H,16,19)/t12-/m0/s1. The van der Waals surface area contributed by atoms with Crippen LogP contribution in [0.15, 0.2) is 31.0 Å². The number of carbonyl (C=O) groups is 1. The predicted molar refractivity (Wildman–Crippen MR) is 86.8 cm³/mol. The summed E-state index contributed by atoms with van der Waals surface area (Å²) in [5.41, 5.74) is 0.485. The maximum atomic E-state index is 13.1. The lowest BCUT2D eigenvalue weighted by atomic mass is 9.98. The van der Waals surface area contributed by atoms with Crippen LogP contribution < -0.4 is 0 Å². The van der Waals surface area contributed by atoms with Gasteiger partial charge >= 0.3 is 0 Å². The molecule has 25 heavy (non-hydrogen) atoms. The van der Waals surface area contributed by atoms with Crippen LogP contribution in [-0.2, 0) is 6.54 Å². The molecule has 10 heteroatoms. The van der Waals surface area contributed by atoms with E-state index < -0.39 is 0 Å². The molecule has 3 aromatic rings. The first-order valence-electron chi connectivity index (χ1n) is 8.38. The highest BCUT2D eigenvalue weighted by atomic mass is 16.2. The van der Waals surface area contributed by atoms with Crippen LogP contribution in [0, 0.1) is 0 Å². The Morgan fingerprint density at radius 2 is 2.32 bits per heavy atom. The van der Waals surface area contributed by atoms with Crippen LogP contribution in [0.3, 0.4) is 0 Å². The molecule has 1 N–H and O–H groups in total. The number of H-pyrrole nitrogens is 1. The molecule has 1 aliphatic rings. The van der Waals surface area contributed by atoms with E-state index in [9.17, 15) is 4.79 Å². The van der Waals surface area contributed by atoms with Crippen molar-refractivity contribution in [3.63, 3.8) is 0 Å². The van der Waals surface area contributed by atoms with Crippen molar-refractivity contribution in [3.8, 4) is 5.82 Å². The fourth-order valence-corrected chi connectivity index (χ4v) is 3.31. The second kappa shape index (κ2) is 6.83. The Morgan fingerprint density at radius 1 is 1.36 bits per heavy atom. The lowest BCUT2D eigenvalue weighted by Gasteiger charge is -2.35. The van der Waals surface area contributed by atoms with Crippen molar-refractivity contribution in [1.82, 2.24) is 45.1 Å². The molecule has 4 rings (SSSR count). The van der Waals surface area contributed by atoms with Crippen molar-refractivity contribution in [2.45, 2.75) is 38.3 Å². The predicted octanol–water partition coefficient (Wildman–Crippen LogP) is 0.667. The van der Waals surface area contributed by atoms with Crippen LogP contribution in [0.5, 0.6) is 0 Å². The van der Waals surface area contributed by atoms with E-state index in [0.717, 1.165) is 38.8 Å². The number of amides is 1. The third-order valence-electron chi connectivity index (χ3n) is 4.57. The molecule has 1 atom stereocenters. The zero-order chi connectivity index (χ0) is 17.1. The van der Waals surface area contributed by atoms with Gasteiger partial charge in [-0.2, -0.15) is 14.9 Å². The molecule has 0 aliphatic carbocycles. The van der Waals surface area contributed by atoms with Gasteiger partial charge in [-0.15, -0.1) is 5.10 Å². The highest BCUT2D eigenvalue weighted by Gasteiger charge is 2.30. The molecule has 0 unspecified atom stereocenters. The third-order valence-corrected chi connectivity index (χ3v) is 4.57. The fourth-order valence-electron chi connectivity index (χ4n) is 3.31. The zero-order valence-corrected chi connectivity index (χ0v) is 13.7. The second-order valence-corrected chi connectivity index (χ2v) is 6.09. The number of carbonyl (C=O) groups excluding carboxylic acids is 1. The van der Waals surface area contributed by atoms with Crippen LogP contribution in [0.4, 0.5) is 0 Å². The minimum absolute atomic E-state index is 0.0376. The molecule has 0 aromatic carbocycles. The highest BCUT2D eigenvalue weighted by Crippen LogP contribution is 2.24. The van der Waals surface area contributed by atoms with Gasteiger partial charge in [0.2, 0.25) is 0 Å². The summed E-state index contributed by atoms with van der Waals surface area (Å²) in [5.74, 6) is 0.454.